The first-order valence-electron chi connectivity index (χ1n) is 5.63. The van der Waals surface area contributed by atoms with Gasteiger partial charge in [-0.3, -0.25) is 0 Å². The average Bonchev–Trinajstić information content (AvgIpc) is 2.25. The minimum atomic E-state index is 0.534. The van der Waals surface area contributed by atoms with Gasteiger partial charge in [-0.2, -0.15) is 0 Å². The van der Waals surface area contributed by atoms with Gasteiger partial charge in [0.15, 0.2) is 0 Å². The Morgan fingerprint density at radius 2 is 2.29 bits per heavy atom. The van der Waals surface area contributed by atoms with Gasteiger partial charge in [-0.25, -0.2) is 4.79 Å². The molecule has 1 aliphatic heterocycles. The first-order valence-corrected chi connectivity index (χ1v) is 5.63. The lowest BCUT2D eigenvalue weighted by Gasteiger charge is -2.22. The number of unbranched alkanes of at least 4 members (excludes halogenated alkanes) is 2. The van der Waals surface area contributed by atoms with E-state index in [-0.39, 0.29) is 0 Å². The van der Waals surface area contributed by atoms with Gasteiger partial charge < -0.3 is 10.1 Å². The van der Waals surface area contributed by atoms with E-state index in [0.717, 1.165) is 18.8 Å². The third-order valence-electron chi connectivity index (χ3n) is 2.82. The molecule has 1 atom stereocenters. The molecule has 3 heteroatoms. The van der Waals surface area contributed by atoms with Crippen LogP contribution in [0.25, 0.3) is 0 Å². The van der Waals surface area contributed by atoms with Crippen molar-refractivity contribution in [3.8, 4) is 0 Å². The first-order chi connectivity index (χ1) is 6.93. The highest BCUT2D eigenvalue weighted by Crippen LogP contribution is 2.17. The first kappa shape index (κ1) is 11.5. The van der Waals surface area contributed by atoms with Crippen molar-refractivity contribution in [2.24, 2.45) is 5.92 Å². The molecule has 14 heavy (non-hydrogen) atoms. The number of hydrogen-bond donors (Lipinski definition) is 1. The fourth-order valence-electron chi connectivity index (χ4n) is 2.00. The van der Waals surface area contributed by atoms with Crippen molar-refractivity contribution in [2.45, 2.75) is 38.5 Å². The summed E-state index contributed by atoms with van der Waals surface area (Å²) < 4.78 is 4.51. The fourth-order valence-corrected chi connectivity index (χ4v) is 2.00. The Labute approximate surface area is 86.2 Å². The van der Waals surface area contributed by atoms with Crippen LogP contribution in [0.15, 0.2) is 0 Å². The number of nitrogens with one attached hydrogen (secondary N) is 1. The molecule has 0 aromatic carbocycles. The molecule has 81 valence electrons. The second-order valence-corrected chi connectivity index (χ2v) is 3.99. The van der Waals surface area contributed by atoms with Gasteiger partial charge in [0, 0.05) is 0 Å². The second kappa shape index (κ2) is 7.80. The van der Waals surface area contributed by atoms with Crippen LogP contribution in [0.5, 0.6) is 0 Å². The van der Waals surface area contributed by atoms with Crippen molar-refractivity contribution in [2.75, 3.05) is 19.7 Å². The second-order valence-electron chi connectivity index (χ2n) is 3.99. The van der Waals surface area contributed by atoms with E-state index in [2.05, 4.69) is 10.1 Å². The van der Waals surface area contributed by atoms with Crippen LogP contribution in [0.4, 0.5) is 0 Å². The van der Waals surface area contributed by atoms with Crippen LogP contribution in [0, 0.1) is 5.92 Å². The molecule has 0 bridgehead atoms. The van der Waals surface area contributed by atoms with Crippen molar-refractivity contribution in [3.05, 3.63) is 0 Å². The lowest BCUT2D eigenvalue weighted by molar-refractivity contribution is 0.265. The Balaban J connectivity index is 1.85. The van der Waals surface area contributed by atoms with Gasteiger partial charge in [0.05, 0.1) is 6.61 Å². The Morgan fingerprint density at radius 3 is 3.00 bits per heavy atom. The lowest BCUT2D eigenvalue weighted by atomic mass is 9.94. The van der Waals surface area contributed by atoms with Crippen molar-refractivity contribution < 1.29 is 9.53 Å². The van der Waals surface area contributed by atoms with Crippen LogP contribution in [0.3, 0.4) is 0 Å². The smallest absolute Gasteiger partial charge is 0.417 e. The summed E-state index contributed by atoms with van der Waals surface area (Å²) >= 11 is 0. The van der Waals surface area contributed by atoms with Crippen molar-refractivity contribution in [1.82, 2.24) is 5.32 Å². The highest BCUT2D eigenvalue weighted by atomic mass is 16.5. The highest BCUT2D eigenvalue weighted by molar-refractivity contribution is 5.37. The average molecular weight is 198 g/mol. The molecule has 1 radical (unpaired) electrons. The monoisotopic (exact) mass is 198 g/mol. The van der Waals surface area contributed by atoms with Gasteiger partial charge in [-0.1, -0.05) is 12.8 Å². The molecule has 1 rings (SSSR count). The normalized spacial score (nSPS) is 21.9. The van der Waals surface area contributed by atoms with E-state index in [1.807, 2.05) is 0 Å². The zero-order valence-electron chi connectivity index (χ0n) is 8.76. The summed E-state index contributed by atoms with van der Waals surface area (Å²) in [5, 5.41) is 3.42. The van der Waals surface area contributed by atoms with E-state index in [0.29, 0.717) is 6.61 Å². The van der Waals surface area contributed by atoms with Crippen LogP contribution in [-0.4, -0.2) is 26.2 Å². The molecule has 1 aliphatic rings. The predicted octanol–water partition coefficient (Wildman–Crippen LogP) is 1.63. The van der Waals surface area contributed by atoms with Gasteiger partial charge in [0.25, 0.3) is 0 Å². The highest BCUT2D eigenvalue weighted by Gasteiger charge is 2.11. The maximum absolute atomic E-state index is 9.73. The Kier molecular flexibility index (Phi) is 6.41. The lowest BCUT2D eigenvalue weighted by Crippen LogP contribution is -2.29. The SMILES string of the molecule is O=[C]OCCCCCC1CCCNC1. The summed E-state index contributed by atoms with van der Waals surface area (Å²) in [4.78, 5) is 9.73. The Hall–Kier alpha value is -0.570. The zero-order valence-corrected chi connectivity index (χ0v) is 8.76. The minimum absolute atomic E-state index is 0.534. The summed E-state index contributed by atoms with van der Waals surface area (Å²) in [5.74, 6) is 0.877. The third-order valence-corrected chi connectivity index (χ3v) is 2.82. The largest absolute Gasteiger partial charge is 0.457 e. The Bertz CT molecular complexity index is 144. The molecule has 0 spiro atoms. The molecule has 1 saturated heterocycles. The third kappa shape index (κ3) is 5.22. The van der Waals surface area contributed by atoms with E-state index >= 15 is 0 Å². The van der Waals surface area contributed by atoms with Gasteiger partial charge in [-0.05, 0) is 44.7 Å². The van der Waals surface area contributed by atoms with E-state index in [1.54, 1.807) is 0 Å². The summed E-state index contributed by atoms with van der Waals surface area (Å²) in [5.41, 5.74) is 0. The zero-order chi connectivity index (χ0) is 10.1. The molecule has 0 aromatic heterocycles. The molecule has 1 N–H and O–H groups in total. The molecule has 3 nitrogen and oxygen atoms in total. The van der Waals surface area contributed by atoms with E-state index in [1.165, 1.54) is 45.2 Å². The summed E-state index contributed by atoms with van der Waals surface area (Å²) in [6, 6.07) is 0. The van der Waals surface area contributed by atoms with Crippen molar-refractivity contribution in [3.63, 3.8) is 0 Å². The summed E-state index contributed by atoms with van der Waals surface area (Å²) in [6.07, 6.45) is 7.43. The number of ether oxygens (including phenoxy) is 1. The molecule has 0 amide bonds. The minimum Gasteiger partial charge on any atom is -0.457 e. The number of piperidine rings is 1. The quantitative estimate of drug-likeness (QED) is 0.632. The standard InChI is InChI=1S/C11H20NO2/c13-10-14-8-3-1-2-5-11-6-4-7-12-9-11/h11-12H,1-9H2. The van der Waals surface area contributed by atoms with Crippen LogP contribution < -0.4 is 5.32 Å². The van der Waals surface area contributed by atoms with E-state index in [9.17, 15) is 4.79 Å². The molecule has 1 heterocycles. The molecular formula is C11H20NO2. The van der Waals surface area contributed by atoms with Crippen molar-refractivity contribution in [1.29, 1.82) is 0 Å². The fraction of sp³-hybridized carbons (Fsp3) is 0.909. The maximum atomic E-state index is 9.73. The van der Waals surface area contributed by atoms with E-state index in [4.69, 9.17) is 0 Å². The predicted molar refractivity (Wildman–Crippen MR) is 55.7 cm³/mol. The van der Waals surface area contributed by atoms with Gasteiger partial charge in [-0.15, -0.1) is 0 Å². The molecule has 0 aliphatic carbocycles. The molecule has 0 saturated carbocycles. The topological polar surface area (TPSA) is 38.3 Å². The van der Waals surface area contributed by atoms with Gasteiger partial charge in [0.2, 0.25) is 0 Å². The van der Waals surface area contributed by atoms with Gasteiger partial charge in [0.1, 0.15) is 0 Å². The number of carbonyl (C=O) groups excluding carboxylic acids is 1. The van der Waals surface area contributed by atoms with Gasteiger partial charge >= 0.3 is 6.47 Å². The molecular weight excluding hydrogens is 178 g/mol. The van der Waals surface area contributed by atoms with Crippen LogP contribution in [0.1, 0.15) is 38.5 Å². The number of hydrogen-bond acceptors (Lipinski definition) is 3. The van der Waals surface area contributed by atoms with Crippen LogP contribution in [-0.2, 0) is 9.53 Å². The van der Waals surface area contributed by atoms with Crippen LogP contribution >= 0.6 is 0 Å². The van der Waals surface area contributed by atoms with Crippen LogP contribution in [0.2, 0.25) is 0 Å². The molecule has 0 aromatic rings. The maximum Gasteiger partial charge on any atom is 0.417 e. The number of rotatable bonds is 7. The van der Waals surface area contributed by atoms with Crippen molar-refractivity contribution >= 4 is 6.47 Å². The Morgan fingerprint density at radius 1 is 1.36 bits per heavy atom. The van der Waals surface area contributed by atoms with E-state index < -0.39 is 0 Å². The molecule has 1 fully saturated rings. The molecule has 1 unspecified atom stereocenters. The summed E-state index contributed by atoms with van der Waals surface area (Å²) in [7, 11) is 0. The summed E-state index contributed by atoms with van der Waals surface area (Å²) in [6.45, 7) is 4.37.